The number of piperazine rings is 1. The highest BCUT2D eigenvalue weighted by atomic mass is 19.4. The van der Waals surface area contributed by atoms with Crippen molar-refractivity contribution in [1.29, 1.82) is 0 Å². The number of hydrogen-bond acceptors (Lipinski definition) is 6. The van der Waals surface area contributed by atoms with E-state index in [9.17, 15) is 28.1 Å². The second-order valence-corrected chi connectivity index (χ2v) is 7.26. The Bertz CT molecular complexity index is 932. The molecule has 32 heavy (non-hydrogen) atoms. The van der Waals surface area contributed by atoms with Crippen molar-refractivity contribution in [2.24, 2.45) is 0 Å². The van der Waals surface area contributed by atoms with Crippen LogP contribution in [0.5, 0.6) is 5.75 Å². The summed E-state index contributed by atoms with van der Waals surface area (Å²) in [6, 6.07) is 13.0. The summed E-state index contributed by atoms with van der Waals surface area (Å²) >= 11 is 0. The van der Waals surface area contributed by atoms with E-state index < -0.39 is 29.3 Å². The van der Waals surface area contributed by atoms with Crippen molar-refractivity contribution >= 4 is 17.3 Å². The summed E-state index contributed by atoms with van der Waals surface area (Å²) in [5, 5.41) is 13.8. The number of nitrogens with zero attached hydrogens (tertiary/aromatic N) is 3. The Kier molecular flexibility index (Phi) is 7.52. The molecule has 0 atom stereocenters. The van der Waals surface area contributed by atoms with Crippen LogP contribution in [0.15, 0.2) is 48.5 Å². The second-order valence-electron chi connectivity index (χ2n) is 7.26. The Morgan fingerprint density at radius 3 is 2.41 bits per heavy atom. The monoisotopic (exact) mass is 452 g/mol. The number of alkyl halides is 3. The lowest BCUT2D eigenvalue weighted by atomic mass is 10.1. The molecule has 2 aromatic rings. The molecule has 8 nitrogen and oxygen atoms in total. The first-order valence-electron chi connectivity index (χ1n) is 10.0. The third-order valence-electron chi connectivity index (χ3n) is 5.02. The number of nitro benzene ring substituents is 1. The number of anilines is 1. The topological polar surface area (TPSA) is 88.0 Å². The van der Waals surface area contributed by atoms with Gasteiger partial charge in [0.1, 0.15) is 11.3 Å². The van der Waals surface area contributed by atoms with Gasteiger partial charge in [-0.3, -0.25) is 19.8 Å². The number of hydrogen-bond donors (Lipinski definition) is 1. The van der Waals surface area contributed by atoms with Gasteiger partial charge in [0.2, 0.25) is 0 Å². The van der Waals surface area contributed by atoms with Gasteiger partial charge in [0.05, 0.1) is 4.92 Å². The maximum absolute atomic E-state index is 12.5. The van der Waals surface area contributed by atoms with Gasteiger partial charge in [0.25, 0.3) is 11.6 Å². The first-order chi connectivity index (χ1) is 15.2. The zero-order chi connectivity index (χ0) is 23.1. The molecular formula is C21H23F3N4O4. The lowest BCUT2D eigenvalue weighted by Crippen LogP contribution is -2.48. The Morgan fingerprint density at radius 2 is 1.78 bits per heavy atom. The summed E-state index contributed by atoms with van der Waals surface area (Å²) in [6.07, 6.45) is -4.56. The largest absolute Gasteiger partial charge is 0.484 e. The van der Waals surface area contributed by atoms with Crippen LogP contribution < -0.4 is 15.0 Å². The van der Waals surface area contributed by atoms with Crippen molar-refractivity contribution in [3.63, 3.8) is 0 Å². The molecule has 0 saturated carbocycles. The predicted octanol–water partition coefficient (Wildman–Crippen LogP) is 3.09. The number of ether oxygens (including phenoxy) is 1. The third kappa shape index (κ3) is 6.58. The fourth-order valence-electron chi connectivity index (χ4n) is 3.40. The van der Waals surface area contributed by atoms with Crippen LogP contribution in [0.1, 0.15) is 10.4 Å². The Morgan fingerprint density at radius 1 is 1.09 bits per heavy atom. The number of nitro groups is 1. The minimum atomic E-state index is -4.56. The molecule has 0 aromatic heterocycles. The predicted molar refractivity (Wildman–Crippen MR) is 112 cm³/mol. The number of carbonyl (C=O) groups excluding carboxylic acids is 1. The maximum atomic E-state index is 12.5. The molecule has 3 rings (SSSR count). The Labute approximate surface area is 182 Å². The van der Waals surface area contributed by atoms with E-state index in [4.69, 9.17) is 0 Å². The average Bonchev–Trinajstić information content (AvgIpc) is 2.78. The summed E-state index contributed by atoms with van der Waals surface area (Å²) < 4.78 is 41.7. The average molecular weight is 452 g/mol. The molecule has 0 radical (unpaired) electrons. The lowest BCUT2D eigenvalue weighted by Gasteiger charge is -2.36. The van der Waals surface area contributed by atoms with E-state index >= 15 is 0 Å². The van der Waals surface area contributed by atoms with Crippen LogP contribution in [-0.2, 0) is 0 Å². The van der Waals surface area contributed by atoms with Crippen LogP contribution in [0.2, 0.25) is 0 Å². The van der Waals surface area contributed by atoms with Gasteiger partial charge in [-0.05, 0) is 24.3 Å². The molecule has 1 fully saturated rings. The molecule has 0 unspecified atom stereocenters. The summed E-state index contributed by atoms with van der Waals surface area (Å²) in [4.78, 5) is 27.4. The van der Waals surface area contributed by atoms with E-state index in [1.807, 2.05) is 18.2 Å². The van der Waals surface area contributed by atoms with Gasteiger partial charge in [0, 0.05) is 51.0 Å². The summed E-state index contributed by atoms with van der Waals surface area (Å²) in [5.41, 5.74) is 0.308. The standard InChI is InChI=1S/C21H23F3N4O4/c22-21(23,24)15-32-17-6-7-19(28(30)31)18(14-17)20(29)25-8-9-26-10-12-27(13-11-26)16-4-2-1-3-5-16/h1-7,14H,8-13,15H2,(H,25,29). The Hall–Kier alpha value is -3.34. The van der Waals surface area contributed by atoms with E-state index in [1.54, 1.807) is 0 Å². The van der Waals surface area contributed by atoms with Crippen molar-refractivity contribution in [3.05, 3.63) is 64.2 Å². The minimum Gasteiger partial charge on any atom is -0.484 e. The number of halogens is 3. The molecule has 0 aliphatic carbocycles. The van der Waals surface area contributed by atoms with Crippen LogP contribution in [0.25, 0.3) is 0 Å². The number of nitrogens with one attached hydrogen (secondary N) is 1. The minimum absolute atomic E-state index is 0.245. The van der Waals surface area contributed by atoms with Gasteiger partial charge in [-0.25, -0.2) is 0 Å². The molecule has 0 bridgehead atoms. The van der Waals surface area contributed by atoms with Crippen LogP contribution in [-0.4, -0.2) is 67.8 Å². The number of carbonyl (C=O) groups is 1. The zero-order valence-corrected chi connectivity index (χ0v) is 17.2. The maximum Gasteiger partial charge on any atom is 0.422 e. The van der Waals surface area contributed by atoms with E-state index in [0.29, 0.717) is 6.54 Å². The van der Waals surface area contributed by atoms with Crippen molar-refractivity contribution < 1.29 is 27.6 Å². The normalized spacial score (nSPS) is 14.8. The van der Waals surface area contributed by atoms with Crippen molar-refractivity contribution in [2.75, 3.05) is 50.8 Å². The number of para-hydroxylation sites is 1. The fraction of sp³-hybridized carbons (Fsp3) is 0.381. The quantitative estimate of drug-likeness (QED) is 0.489. The summed E-state index contributed by atoms with van der Waals surface area (Å²) in [5.74, 6) is -1.01. The van der Waals surface area contributed by atoms with E-state index in [0.717, 1.165) is 50.1 Å². The van der Waals surface area contributed by atoms with Crippen molar-refractivity contribution in [1.82, 2.24) is 10.2 Å². The highest BCUT2D eigenvalue weighted by molar-refractivity contribution is 5.98. The molecule has 1 N–H and O–H groups in total. The van der Waals surface area contributed by atoms with E-state index in [1.165, 1.54) is 0 Å². The molecule has 1 amide bonds. The third-order valence-corrected chi connectivity index (χ3v) is 5.02. The van der Waals surface area contributed by atoms with E-state index in [-0.39, 0.29) is 17.9 Å². The zero-order valence-electron chi connectivity index (χ0n) is 17.2. The molecule has 172 valence electrons. The van der Waals surface area contributed by atoms with Gasteiger partial charge >= 0.3 is 6.18 Å². The summed E-state index contributed by atoms with van der Waals surface area (Å²) in [6.45, 7) is 2.50. The smallest absolute Gasteiger partial charge is 0.422 e. The van der Waals surface area contributed by atoms with Crippen molar-refractivity contribution in [2.45, 2.75) is 6.18 Å². The van der Waals surface area contributed by atoms with Gasteiger partial charge < -0.3 is 15.0 Å². The van der Waals surface area contributed by atoms with Crippen LogP contribution in [0.3, 0.4) is 0 Å². The molecule has 0 spiro atoms. The highest BCUT2D eigenvalue weighted by Crippen LogP contribution is 2.26. The number of rotatable bonds is 8. The number of amides is 1. The molecule has 1 heterocycles. The first-order valence-corrected chi connectivity index (χ1v) is 10.0. The second kappa shape index (κ2) is 10.3. The SMILES string of the molecule is O=C(NCCN1CCN(c2ccccc2)CC1)c1cc(OCC(F)(F)F)ccc1[N+](=O)[O-]. The molecule has 11 heteroatoms. The summed E-state index contributed by atoms with van der Waals surface area (Å²) in [7, 11) is 0. The first kappa shape index (κ1) is 23.3. The van der Waals surface area contributed by atoms with E-state index in [2.05, 4.69) is 32.0 Å². The molecular weight excluding hydrogens is 429 g/mol. The molecule has 1 aliphatic rings. The van der Waals surface area contributed by atoms with Gasteiger partial charge in [-0.15, -0.1) is 0 Å². The van der Waals surface area contributed by atoms with Crippen LogP contribution in [0.4, 0.5) is 24.5 Å². The number of benzene rings is 2. The molecule has 1 aliphatic heterocycles. The van der Waals surface area contributed by atoms with Gasteiger partial charge in [-0.1, -0.05) is 18.2 Å². The lowest BCUT2D eigenvalue weighted by molar-refractivity contribution is -0.385. The van der Waals surface area contributed by atoms with Crippen molar-refractivity contribution in [3.8, 4) is 5.75 Å². The molecule has 2 aromatic carbocycles. The van der Waals surface area contributed by atoms with Crippen LogP contribution in [0, 0.1) is 10.1 Å². The van der Waals surface area contributed by atoms with Gasteiger partial charge in [0.15, 0.2) is 6.61 Å². The fourth-order valence-corrected chi connectivity index (χ4v) is 3.40. The van der Waals surface area contributed by atoms with Gasteiger partial charge in [-0.2, -0.15) is 13.2 Å². The van der Waals surface area contributed by atoms with Crippen LogP contribution >= 0.6 is 0 Å². The molecule has 1 saturated heterocycles. The Balaban J connectivity index is 1.52. The highest BCUT2D eigenvalue weighted by Gasteiger charge is 2.29.